The van der Waals surface area contributed by atoms with Crippen LogP contribution in [0.2, 0.25) is 0 Å². The third kappa shape index (κ3) is 3.51. The molecule has 1 fully saturated rings. The van der Waals surface area contributed by atoms with Gasteiger partial charge >= 0.3 is 0 Å². The Kier molecular flexibility index (Phi) is 4.50. The maximum absolute atomic E-state index is 5.33. The zero-order chi connectivity index (χ0) is 12.1. The van der Waals surface area contributed by atoms with Gasteiger partial charge in [0, 0.05) is 13.5 Å². The molecule has 0 spiro atoms. The Morgan fingerprint density at radius 3 is 3.18 bits per heavy atom. The van der Waals surface area contributed by atoms with Crippen molar-refractivity contribution < 1.29 is 9.26 Å². The Balaban J connectivity index is 1.96. The van der Waals surface area contributed by atoms with Gasteiger partial charge in [-0.15, -0.1) is 0 Å². The van der Waals surface area contributed by atoms with Gasteiger partial charge in [-0.3, -0.25) is 0 Å². The van der Waals surface area contributed by atoms with Crippen molar-refractivity contribution >= 4 is 0 Å². The third-order valence-corrected chi connectivity index (χ3v) is 3.21. The van der Waals surface area contributed by atoms with Gasteiger partial charge in [-0.1, -0.05) is 18.0 Å². The van der Waals surface area contributed by atoms with Crippen LogP contribution < -0.4 is 5.32 Å². The minimum Gasteiger partial charge on any atom is -0.381 e. The zero-order valence-electron chi connectivity index (χ0n) is 10.6. The normalized spacial score (nSPS) is 23.3. The van der Waals surface area contributed by atoms with Crippen LogP contribution in [0.15, 0.2) is 4.52 Å². The Bertz CT molecular complexity index is 332. The van der Waals surface area contributed by atoms with Crippen molar-refractivity contribution in [3.8, 4) is 0 Å². The van der Waals surface area contributed by atoms with Gasteiger partial charge in [-0.2, -0.15) is 4.98 Å². The fourth-order valence-corrected chi connectivity index (χ4v) is 2.07. The average molecular weight is 239 g/mol. The number of ether oxygens (including phenoxy) is 1. The highest BCUT2D eigenvalue weighted by Crippen LogP contribution is 2.21. The van der Waals surface area contributed by atoms with E-state index in [4.69, 9.17) is 9.26 Å². The molecule has 0 bridgehead atoms. The van der Waals surface area contributed by atoms with Gasteiger partial charge in [0.1, 0.15) is 0 Å². The largest absolute Gasteiger partial charge is 0.381 e. The molecule has 96 valence electrons. The van der Waals surface area contributed by atoms with Crippen LogP contribution in [0.4, 0.5) is 0 Å². The lowest BCUT2D eigenvalue weighted by atomic mass is 10.1. The summed E-state index contributed by atoms with van der Waals surface area (Å²) in [5.74, 6) is 1.46. The van der Waals surface area contributed by atoms with Gasteiger partial charge in [-0.05, 0) is 26.3 Å². The van der Waals surface area contributed by atoms with Crippen LogP contribution in [0, 0.1) is 0 Å². The molecule has 1 saturated heterocycles. The Hall–Kier alpha value is -0.940. The number of aromatic nitrogens is 2. The summed E-state index contributed by atoms with van der Waals surface area (Å²) in [4.78, 5) is 4.44. The number of hydrogen-bond acceptors (Lipinski definition) is 5. The Labute approximate surface area is 102 Å². The predicted octanol–water partition coefficient (Wildman–Crippen LogP) is 1.85. The maximum atomic E-state index is 5.33. The molecule has 5 heteroatoms. The van der Waals surface area contributed by atoms with E-state index in [1.165, 1.54) is 19.3 Å². The standard InChI is InChI=1S/C12H21N3O2/c1-9(16-2)8-11-14-12(17-15-11)10-6-4-3-5-7-13-10/h9-10,13H,3-8H2,1-2H3. The minimum absolute atomic E-state index is 0.127. The van der Waals surface area contributed by atoms with Gasteiger partial charge in [0.05, 0.1) is 12.1 Å². The van der Waals surface area contributed by atoms with E-state index in [0.717, 1.165) is 24.7 Å². The molecule has 2 atom stereocenters. The summed E-state index contributed by atoms with van der Waals surface area (Å²) < 4.78 is 10.5. The summed E-state index contributed by atoms with van der Waals surface area (Å²) in [5, 5.41) is 7.45. The Morgan fingerprint density at radius 1 is 1.47 bits per heavy atom. The number of nitrogens with one attached hydrogen (secondary N) is 1. The van der Waals surface area contributed by atoms with E-state index >= 15 is 0 Å². The molecule has 2 heterocycles. The van der Waals surface area contributed by atoms with Crippen LogP contribution in [0.1, 0.15) is 50.4 Å². The Morgan fingerprint density at radius 2 is 2.35 bits per heavy atom. The summed E-state index contributed by atoms with van der Waals surface area (Å²) in [7, 11) is 1.69. The lowest BCUT2D eigenvalue weighted by molar-refractivity contribution is 0.116. The molecule has 0 saturated carbocycles. The summed E-state index contributed by atoms with van der Waals surface area (Å²) >= 11 is 0. The second-order valence-electron chi connectivity index (χ2n) is 4.66. The van der Waals surface area contributed by atoms with Crippen molar-refractivity contribution in [2.45, 2.75) is 51.2 Å². The van der Waals surface area contributed by atoms with E-state index in [9.17, 15) is 0 Å². The molecule has 1 aromatic heterocycles. The van der Waals surface area contributed by atoms with E-state index in [2.05, 4.69) is 15.5 Å². The fraction of sp³-hybridized carbons (Fsp3) is 0.833. The van der Waals surface area contributed by atoms with Crippen molar-refractivity contribution in [2.24, 2.45) is 0 Å². The smallest absolute Gasteiger partial charge is 0.243 e. The molecule has 1 aliphatic heterocycles. The molecular formula is C12H21N3O2. The maximum Gasteiger partial charge on any atom is 0.243 e. The van der Waals surface area contributed by atoms with Crippen LogP contribution >= 0.6 is 0 Å². The van der Waals surface area contributed by atoms with Crippen LogP contribution in [0.25, 0.3) is 0 Å². The number of methoxy groups -OCH3 is 1. The van der Waals surface area contributed by atoms with Crippen LogP contribution in [-0.2, 0) is 11.2 Å². The van der Waals surface area contributed by atoms with E-state index in [-0.39, 0.29) is 12.1 Å². The fourth-order valence-electron chi connectivity index (χ4n) is 2.07. The quantitative estimate of drug-likeness (QED) is 0.869. The van der Waals surface area contributed by atoms with Crippen molar-refractivity contribution in [3.05, 3.63) is 11.7 Å². The van der Waals surface area contributed by atoms with Gasteiger partial charge in [-0.25, -0.2) is 0 Å². The molecule has 1 N–H and O–H groups in total. The summed E-state index contributed by atoms with van der Waals surface area (Å²) in [6, 6.07) is 0.233. The molecule has 17 heavy (non-hydrogen) atoms. The predicted molar refractivity (Wildman–Crippen MR) is 63.7 cm³/mol. The van der Waals surface area contributed by atoms with Crippen molar-refractivity contribution in [3.63, 3.8) is 0 Å². The van der Waals surface area contributed by atoms with Gasteiger partial charge in [0.25, 0.3) is 0 Å². The summed E-state index contributed by atoms with van der Waals surface area (Å²) in [6.45, 7) is 3.04. The highest BCUT2D eigenvalue weighted by atomic mass is 16.5. The molecule has 5 nitrogen and oxygen atoms in total. The highest BCUT2D eigenvalue weighted by Gasteiger charge is 2.20. The first-order valence-electron chi connectivity index (χ1n) is 6.38. The summed E-state index contributed by atoms with van der Waals surface area (Å²) in [5.41, 5.74) is 0. The van der Waals surface area contributed by atoms with Crippen molar-refractivity contribution in [1.82, 2.24) is 15.5 Å². The van der Waals surface area contributed by atoms with E-state index < -0.39 is 0 Å². The molecule has 2 unspecified atom stereocenters. The van der Waals surface area contributed by atoms with Crippen molar-refractivity contribution in [2.75, 3.05) is 13.7 Å². The molecule has 0 amide bonds. The lowest BCUT2D eigenvalue weighted by Gasteiger charge is -2.09. The van der Waals surface area contributed by atoms with Crippen LogP contribution in [-0.4, -0.2) is 29.9 Å². The summed E-state index contributed by atoms with van der Waals surface area (Å²) in [6.07, 6.45) is 5.66. The monoisotopic (exact) mass is 239 g/mol. The van der Waals surface area contributed by atoms with E-state index in [1.54, 1.807) is 7.11 Å². The SMILES string of the molecule is COC(C)Cc1noc(C2CCCCCN2)n1. The van der Waals surface area contributed by atoms with E-state index in [0.29, 0.717) is 6.42 Å². The van der Waals surface area contributed by atoms with Gasteiger partial charge in [0.15, 0.2) is 5.82 Å². The number of rotatable bonds is 4. The average Bonchev–Trinajstić information content (AvgIpc) is 2.63. The first-order chi connectivity index (χ1) is 8.29. The first-order valence-corrected chi connectivity index (χ1v) is 6.38. The van der Waals surface area contributed by atoms with Crippen LogP contribution in [0.5, 0.6) is 0 Å². The molecule has 1 aromatic rings. The van der Waals surface area contributed by atoms with E-state index in [1.807, 2.05) is 6.92 Å². The number of nitrogens with zero attached hydrogens (tertiary/aromatic N) is 2. The second kappa shape index (κ2) is 6.12. The highest BCUT2D eigenvalue weighted by molar-refractivity contribution is 4.94. The zero-order valence-corrected chi connectivity index (χ0v) is 10.6. The number of hydrogen-bond donors (Lipinski definition) is 1. The molecule has 0 aromatic carbocycles. The van der Waals surface area contributed by atoms with Crippen molar-refractivity contribution in [1.29, 1.82) is 0 Å². The molecule has 2 rings (SSSR count). The third-order valence-electron chi connectivity index (χ3n) is 3.21. The van der Waals surface area contributed by atoms with Crippen LogP contribution in [0.3, 0.4) is 0 Å². The van der Waals surface area contributed by atoms with Gasteiger partial charge < -0.3 is 14.6 Å². The van der Waals surface area contributed by atoms with Gasteiger partial charge in [0.2, 0.25) is 5.89 Å². The first kappa shape index (κ1) is 12.5. The lowest BCUT2D eigenvalue weighted by Crippen LogP contribution is -2.20. The molecule has 0 radical (unpaired) electrons. The molecule has 0 aliphatic carbocycles. The second-order valence-corrected chi connectivity index (χ2v) is 4.66. The molecular weight excluding hydrogens is 218 g/mol. The molecule has 1 aliphatic rings. The minimum atomic E-state index is 0.127. The topological polar surface area (TPSA) is 60.2 Å².